The molecule has 2 N–H and O–H groups in total. The van der Waals surface area contributed by atoms with Crippen molar-refractivity contribution in [3.05, 3.63) is 116 Å². The van der Waals surface area contributed by atoms with Crippen LogP contribution in [0.25, 0.3) is 11.1 Å². The van der Waals surface area contributed by atoms with Gasteiger partial charge < -0.3 is 10.6 Å². The van der Waals surface area contributed by atoms with Crippen LogP contribution >= 0.6 is 0 Å². The molecular weight excluding hydrogens is 516 g/mol. The standard InChI is InChI=1S/C38H42N2O2/c1-21-17-22(2)34(23(3)18-21)39-37(42)33-25(5)32(28-13-11-10-12-14-28)26(6)35(27(33)7)40-36(41)29-15-16-31-30(19-29)24(4)20-38(31,8)9/h10-19,24H,20H2,1-9H3,(H,39,42)(H,40,41). The van der Waals surface area contributed by atoms with E-state index >= 15 is 0 Å². The summed E-state index contributed by atoms with van der Waals surface area (Å²) in [7, 11) is 0. The van der Waals surface area contributed by atoms with Crippen molar-refractivity contribution in [3.8, 4) is 11.1 Å². The van der Waals surface area contributed by atoms with Gasteiger partial charge in [0.25, 0.3) is 11.8 Å². The molecule has 1 unspecified atom stereocenters. The molecule has 4 heteroatoms. The van der Waals surface area contributed by atoms with Gasteiger partial charge >= 0.3 is 0 Å². The Morgan fingerprint density at radius 3 is 2.00 bits per heavy atom. The lowest BCUT2D eigenvalue weighted by Crippen LogP contribution is -2.21. The summed E-state index contributed by atoms with van der Waals surface area (Å²) in [5, 5.41) is 6.43. The molecule has 216 valence electrons. The number of benzene rings is 4. The maximum atomic E-state index is 14.0. The molecule has 1 atom stereocenters. The van der Waals surface area contributed by atoms with Crippen molar-refractivity contribution >= 4 is 23.2 Å². The van der Waals surface area contributed by atoms with Crippen LogP contribution < -0.4 is 10.6 Å². The lowest BCUT2D eigenvalue weighted by molar-refractivity contribution is 0.101. The molecule has 0 fully saturated rings. The zero-order valence-electron chi connectivity index (χ0n) is 26.4. The van der Waals surface area contributed by atoms with E-state index in [0.717, 1.165) is 56.6 Å². The Morgan fingerprint density at radius 2 is 1.36 bits per heavy atom. The summed E-state index contributed by atoms with van der Waals surface area (Å²) in [4.78, 5) is 27.8. The first-order valence-corrected chi connectivity index (χ1v) is 14.8. The number of amides is 2. The summed E-state index contributed by atoms with van der Waals surface area (Å²) in [6.45, 7) is 18.8. The SMILES string of the molecule is Cc1cc(C)c(NC(=O)c2c(C)c(NC(=O)c3ccc4c(c3)C(C)CC4(C)C)c(C)c(-c3ccccc3)c2C)c(C)c1. The number of hydrogen-bond donors (Lipinski definition) is 2. The Hall–Kier alpha value is -4.18. The third-order valence-electron chi connectivity index (χ3n) is 9.08. The Morgan fingerprint density at radius 1 is 0.738 bits per heavy atom. The van der Waals surface area contributed by atoms with Gasteiger partial charge in [-0.15, -0.1) is 0 Å². The summed E-state index contributed by atoms with van der Waals surface area (Å²) in [6.07, 6.45) is 1.07. The molecule has 0 radical (unpaired) electrons. The average Bonchev–Trinajstić information content (AvgIpc) is 3.16. The number of nitrogens with one attached hydrogen (secondary N) is 2. The van der Waals surface area contributed by atoms with Crippen LogP contribution in [0.15, 0.2) is 60.7 Å². The lowest BCUT2D eigenvalue weighted by Gasteiger charge is -2.23. The Balaban J connectivity index is 1.61. The van der Waals surface area contributed by atoms with E-state index in [4.69, 9.17) is 0 Å². The highest BCUT2D eigenvalue weighted by atomic mass is 16.2. The number of carbonyl (C=O) groups is 2. The number of anilines is 2. The van der Waals surface area contributed by atoms with Crippen molar-refractivity contribution in [1.82, 2.24) is 0 Å². The van der Waals surface area contributed by atoms with Crippen LogP contribution in [-0.2, 0) is 5.41 Å². The number of carbonyl (C=O) groups excluding carboxylic acids is 2. The maximum Gasteiger partial charge on any atom is 0.256 e. The Bertz CT molecular complexity index is 1710. The summed E-state index contributed by atoms with van der Waals surface area (Å²) >= 11 is 0. The molecule has 0 saturated carbocycles. The van der Waals surface area contributed by atoms with Crippen LogP contribution in [0.3, 0.4) is 0 Å². The first-order chi connectivity index (χ1) is 19.8. The van der Waals surface area contributed by atoms with Gasteiger partial charge in [-0.1, -0.05) is 74.9 Å². The van der Waals surface area contributed by atoms with Gasteiger partial charge in [-0.2, -0.15) is 0 Å². The van der Waals surface area contributed by atoms with Gasteiger partial charge in [-0.25, -0.2) is 0 Å². The molecule has 0 aliphatic heterocycles. The number of hydrogen-bond acceptors (Lipinski definition) is 2. The van der Waals surface area contributed by atoms with E-state index in [1.807, 2.05) is 58.9 Å². The molecule has 4 aromatic carbocycles. The summed E-state index contributed by atoms with van der Waals surface area (Å²) in [5.74, 6) is 0.0564. The van der Waals surface area contributed by atoms with Crippen molar-refractivity contribution in [2.24, 2.45) is 0 Å². The third kappa shape index (κ3) is 5.15. The first kappa shape index (κ1) is 29.3. The predicted molar refractivity (Wildman–Crippen MR) is 175 cm³/mol. The van der Waals surface area contributed by atoms with Crippen molar-refractivity contribution in [3.63, 3.8) is 0 Å². The highest BCUT2D eigenvalue weighted by molar-refractivity contribution is 6.12. The van der Waals surface area contributed by atoms with Crippen molar-refractivity contribution in [1.29, 1.82) is 0 Å². The second-order valence-electron chi connectivity index (χ2n) is 12.8. The fraction of sp³-hybridized carbons (Fsp3) is 0.316. The van der Waals surface area contributed by atoms with E-state index in [-0.39, 0.29) is 17.2 Å². The summed E-state index contributed by atoms with van der Waals surface area (Å²) in [5.41, 5.74) is 13.2. The number of fused-ring (bicyclic) bond motifs is 1. The largest absolute Gasteiger partial charge is 0.321 e. The van der Waals surface area contributed by atoms with E-state index in [0.29, 0.717) is 22.7 Å². The minimum Gasteiger partial charge on any atom is -0.321 e. The molecule has 4 aromatic rings. The number of rotatable bonds is 5. The molecule has 0 aromatic heterocycles. The summed E-state index contributed by atoms with van der Waals surface area (Å²) in [6, 6.07) is 20.3. The van der Waals surface area contributed by atoms with Crippen LogP contribution in [0.5, 0.6) is 0 Å². The third-order valence-corrected chi connectivity index (χ3v) is 9.08. The molecule has 42 heavy (non-hydrogen) atoms. The van der Waals surface area contributed by atoms with Gasteiger partial charge in [-0.05, 0) is 121 Å². The minimum atomic E-state index is -0.179. The monoisotopic (exact) mass is 558 g/mol. The molecule has 0 heterocycles. The molecule has 0 saturated heterocycles. The van der Waals surface area contributed by atoms with Gasteiger partial charge in [0.05, 0.1) is 0 Å². The second-order valence-corrected chi connectivity index (χ2v) is 12.8. The van der Waals surface area contributed by atoms with Gasteiger partial charge in [-0.3, -0.25) is 9.59 Å². The fourth-order valence-electron chi connectivity index (χ4n) is 7.24. The van der Waals surface area contributed by atoms with Crippen LogP contribution in [0, 0.1) is 41.5 Å². The van der Waals surface area contributed by atoms with E-state index < -0.39 is 0 Å². The molecule has 5 rings (SSSR count). The minimum absolute atomic E-state index is 0.106. The summed E-state index contributed by atoms with van der Waals surface area (Å²) < 4.78 is 0. The van der Waals surface area contributed by atoms with Crippen LogP contribution in [-0.4, -0.2) is 11.8 Å². The fourth-order valence-corrected chi connectivity index (χ4v) is 7.24. The highest BCUT2D eigenvalue weighted by Crippen LogP contribution is 2.46. The predicted octanol–water partition coefficient (Wildman–Crippen LogP) is 9.49. The highest BCUT2D eigenvalue weighted by Gasteiger charge is 2.35. The van der Waals surface area contributed by atoms with E-state index in [1.54, 1.807) is 0 Å². The normalized spacial score (nSPS) is 15.3. The zero-order valence-corrected chi connectivity index (χ0v) is 26.4. The van der Waals surface area contributed by atoms with Crippen LogP contribution in [0.1, 0.15) is 98.3 Å². The van der Waals surface area contributed by atoms with E-state index in [1.165, 1.54) is 11.1 Å². The van der Waals surface area contributed by atoms with Gasteiger partial charge in [0, 0.05) is 22.5 Å². The van der Waals surface area contributed by atoms with Crippen molar-refractivity contribution < 1.29 is 9.59 Å². The molecule has 2 amide bonds. The molecule has 0 bridgehead atoms. The average molecular weight is 559 g/mol. The Labute approximate surface area is 250 Å². The smallest absolute Gasteiger partial charge is 0.256 e. The van der Waals surface area contributed by atoms with Crippen molar-refractivity contribution in [2.45, 2.75) is 80.1 Å². The molecule has 0 spiro atoms. The van der Waals surface area contributed by atoms with E-state index in [9.17, 15) is 9.59 Å². The first-order valence-electron chi connectivity index (χ1n) is 14.8. The molecular formula is C38H42N2O2. The van der Waals surface area contributed by atoms with Crippen LogP contribution in [0.4, 0.5) is 11.4 Å². The lowest BCUT2D eigenvalue weighted by atomic mass is 9.86. The second kappa shape index (κ2) is 10.9. The molecule has 1 aliphatic rings. The van der Waals surface area contributed by atoms with Gasteiger partial charge in [0.15, 0.2) is 0 Å². The van der Waals surface area contributed by atoms with Gasteiger partial charge in [0.2, 0.25) is 0 Å². The van der Waals surface area contributed by atoms with Crippen LogP contribution in [0.2, 0.25) is 0 Å². The van der Waals surface area contributed by atoms with E-state index in [2.05, 4.69) is 74.7 Å². The number of aryl methyl sites for hydroxylation is 3. The maximum absolute atomic E-state index is 14.0. The Kier molecular flexibility index (Phi) is 7.61. The van der Waals surface area contributed by atoms with Gasteiger partial charge in [0.1, 0.15) is 0 Å². The van der Waals surface area contributed by atoms with Crippen molar-refractivity contribution in [2.75, 3.05) is 10.6 Å². The molecule has 1 aliphatic carbocycles. The molecule has 4 nitrogen and oxygen atoms in total. The zero-order chi connectivity index (χ0) is 30.5. The topological polar surface area (TPSA) is 58.2 Å². The quantitative estimate of drug-likeness (QED) is 0.256.